The molecule has 3 rings (SSSR count). The van der Waals surface area contributed by atoms with Crippen LogP contribution in [-0.4, -0.2) is 16.9 Å². The molecule has 0 aliphatic heterocycles. The van der Waals surface area contributed by atoms with Crippen molar-refractivity contribution in [2.45, 2.75) is 26.1 Å². The van der Waals surface area contributed by atoms with Crippen LogP contribution in [0.15, 0.2) is 67.0 Å². The van der Waals surface area contributed by atoms with Crippen LogP contribution in [-0.2, 0) is 13.1 Å². The van der Waals surface area contributed by atoms with Crippen LogP contribution in [0.25, 0.3) is 0 Å². The van der Waals surface area contributed by atoms with Crippen LogP contribution in [0.1, 0.15) is 29.7 Å². The first-order valence-electron chi connectivity index (χ1n) is 8.17. The molecule has 0 aliphatic carbocycles. The maximum atomic E-state index is 5.29. The minimum absolute atomic E-state index is 0.248. The summed E-state index contributed by atoms with van der Waals surface area (Å²) in [6.07, 6.45) is 4.02. The molecule has 0 radical (unpaired) electrons. The summed E-state index contributed by atoms with van der Waals surface area (Å²) < 4.78 is 7.26. The Morgan fingerprint density at radius 3 is 2.71 bits per heavy atom. The fraction of sp³-hybridized carbons (Fsp3) is 0.250. The van der Waals surface area contributed by atoms with Gasteiger partial charge in [-0.05, 0) is 30.2 Å². The first kappa shape index (κ1) is 16.3. The first-order chi connectivity index (χ1) is 11.7. The number of hydrogen-bond donors (Lipinski definition) is 1. The van der Waals surface area contributed by atoms with Crippen molar-refractivity contribution in [3.8, 4) is 5.75 Å². The summed E-state index contributed by atoms with van der Waals surface area (Å²) in [5.41, 5.74) is 3.65. The van der Waals surface area contributed by atoms with Crippen molar-refractivity contribution in [2.24, 2.45) is 0 Å². The van der Waals surface area contributed by atoms with E-state index in [0.29, 0.717) is 0 Å². The van der Waals surface area contributed by atoms with E-state index in [-0.39, 0.29) is 6.04 Å². The molecule has 0 bridgehead atoms. The minimum Gasteiger partial charge on any atom is -0.497 e. The van der Waals surface area contributed by atoms with E-state index in [1.165, 1.54) is 16.7 Å². The maximum absolute atomic E-state index is 5.29. The van der Waals surface area contributed by atoms with Gasteiger partial charge in [0.1, 0.15) is 5.75 Å². The molecule has 124 valence electrons. The zero-order chi connectivity index (χ0) is 16.8. The minimum atomic E-state index is 0.248. The Bertz CT molecular complexity index is 767. The second-order valence-electron chi connectivity index (χ2n) is 5.91. The maximum Gasteiger partial charge on any atom is 0.119 e. The number of benzene rings is 2. The van der Waals surface area contributed by atoms with Crippen molar-refractivity contribution in [3.63, 3.8) is 0 Å². The van der Waals surface area contributed by atoms with Crippen LogP contribution in [0.3, 0.4) is 0 Å². The summed E-state index contributed by atoms with van der Waals surface area (Å²) in [6.45, 7) is 3.74. The smallest absolute Gasteiger partial charge is 0.119 e. The van der Waals surface area contributed by atoms with Gasteiger partial charge in [0.15, 0.2) is 0 Å². The summed E-state index contributed by atoms with van der Waals surface area (Å²) in [5, 5.41) is 7.98. The molecule has 0 spiro atoms. The van der Waals surface area contributed by atoms with E-state index in [1.54, 1.807) is 7.11 Å². The van der Waals surface area contributed by atoms with Gasteiger partial charge < -0.3 is 10.1 Å². The fourth-order valence-electron chi connectivity index (χ4n) is 2.65. The van der Waals surface area contributed by atoms with Crippen LogP contribution in [0.4, 0.5) is 0 Å². The SMILES string of the molecule is COc1cccc(C(C)NCc2cnn(Cc3ccccc3)c2)c1. The van der Waals surface area contributed by atoms with E-state index in [0.717, 1.165) is 18.8 Å². The molecule has 1 atom stereocenters. The number of methoxy groups -OCH3 is 1. The van der Waals surface area contributed by atoms with Crippen LogP contribution in [0.2, 0.25) is 0 Å². The third-order valence-corrected chi connectivity index (χ3v) is 4.08. The van der Waals surface area contributed by atoms with Gasteiger partial charge >= 0.3 is 0 Å². The lowest BCUT2D eigenvalue weighted by atomic mass is 10.1. The molecule has 4 heteroatoms. The lowest BCUT2D eigenvalue weighted by Crippen LogP contribution is -2.17. The molecule has 24 heavy (non-hydrogen) atoms. The van der Waals surface area contributed by atoms with E-state index in [4.69, 9.17) is 4.74 Å². The lowest BCUT2D eigenvalue weighted by molar-refractivity contribution is 0.413. The van der Waals surface area contributed by atoms with Gasteiger partial charge in [-0.25, -0.2) is 0 Å². The van der Waals surface area contributed by atoms with Gasteiger partial charge in [-0.15, -0.1) is 0 Å². The van der Waals surface area contributed by atoms with E-state index >= 15 is 0 Å². The molecular formula is C20H23N3O. The Balaban J connectivity index is 1.56. The number of hydrogen-bond acceptors (Lipinski definition) is 3. The van der Waals surface area contributed by atoms with Gasteiger partial charge in [-0.3, -0.25) is 4.68 Å². The second-order valence-corrected chi connectivity index (χ2v) is 5.91. The van der Waals surface area contributed by atoms with Crippen molar-refractivity contribution in [1.29, 1.82) is 0 Å². The summed E-state index contributed by atoms with van der Waals surface area (Å²) in [4.78, 5) is 0. The highest BCUT2D eigenvalue weighted by atomic mass is 16.5. The standard InChI is InChI=1S/C20H23N3O/c1-16(19-9-6-10-20(11-19)24-2)21-12-18-13-22-23(15-18)14-17-7-4-3-5-8-17/h3-11,13,15-16,21H,12,14H2,1-2H3. The lowest BCUT2D eigenvalue weighted by Gasteiger charge is -2.14. The van der Waals surface area contributed by atoms with Crippen molar-refractivity contribution < 1.29 is 4.74 Å². The molecule has 3 aromatic rings. The molecule has 0 aliphatic rings. The van der Waals surface area contributed by atoms with E-state index in [1.807, 2.05) is 29.1 Å². The van der Waals surface area contributed by atoms with Crippen molar-refractivity contribution in [3.05, 3.63) is 83.7 Å². The first-order valence-corrected chi connectivity index (χ1v) is 8.17. The highest BCUT2D eigenvalue weighted by Crippen LogP contribution is 2.19. The predicted molar refractivity (Wildman–Crippen MR) is 96.0 cm³/mol. The van der Waals surface area contributed by atoms with Crippen LogP contribution >= 0.6 is 0 Å². The third-order valence-electron chi connectivity index (χ3n) is 4.08. The normalized spacial score (nSPS) is 12.1. The summed E-state index contributed by atoms with van der Waals surface area (Å²) in [6, 6.07) is 18.8. The van der Waals surface area contributed by atoms with E-state index in [2.05, 4.69) is 59.9 Å². The van der Waals surface area contributed by atoms with Crippen LogP contribution < -0.4 is 10.1 Å². The van der Waals surface area contributed by atoms with Gasteiger partial charge in [0.2, 0.25) is 0 Å². The molecule has 1 unspecified atom stereocenters. The number of ether oxygens (including phenoxy) is 1. The van der Waals surface area contributed by atoms with Crippen molar-refractivity contribution in [1.82, 2.24) is 15.1 Å². The van der Waals surface area contributed by atoms with E-state index in [9.17, 15) is 0 Å². The molecule has 1 heterocycles. The number of nitrogens with one attached hydrogen (secondary N) is 1. The zero-order valence-corrected chi connectivity index (χ0v) is 14.1. The van der Waals surface area contributed by atoms with Gasteiger partial charge in [0.25, 0.3) is 0 Å². The average Bonchev–Trinajstić information content (AvgIpc) is 3.08. The molecule has 4 nitrogen and oxygen atoms in total. The molecule has 0 saturated heterocycles. The van der Waals surface area contributed by atoms with Gasteiger partial charge in [-0.2, -0.15) is 5.10 Å². The number of nitrogens with zero attached hydrogens (tertiary/aromatic N) is 2. The Kier molecular flexibility index (Phi) is 5.29. The van der Waals surface area contributed by atoms with Crippen molar-refractivity contribution >= 4 is 0 Å². The molecule has 0 fully saturated rings. The topological polar surface area (TPSA) is 39.1 Å². The quantitative estimate of drug-likeness (QED) is 0.719. The Morgan fingerprint density at radius 1 is 1.08 bits per heavy atom. The van der Waals surface area contributed by atoms with Gasteiger partial charge in [0, 0.05) is 24.3 Å². The number of aromatic nitrogens is 2. The van der Waals surface area contributed by atoms with Crippen LogP contribution in [0, 0.1) is 0 Å². The van der Waals surface area contributed by atoms with Crippen LogP contribution in [0.5, 0.6) is 5.75 Å². The second kappa shape index (κ2) is 7.79. The Hall–Kier alpha value is -2.59. The van der Waals surface area contributed by atoms with Gasteiger partial charge in [-0.1, -0.05) is 42.5 Å². The van der Waals surface area contributed by atoms with Crippen molar-refractivity contribution in [2.75, 3.05) is 7.11 Å². The summed E-state index contributed by atoms with van der Waals surface area (Å²) in [5.74, 6) is 0.886. The van der Waals surface area contributed by atoms with Gasteiger partial charge in [0.05, 0.1) is 19.9 Å². The summed E-state index contributed by atoms with van der Waals surface area (Å²) in [7, 11) is 1.69. The van der Waals surface area contributed by atoms with E-state index < -0.39 is 0 Å². The predicted octanol–water partition coefficient (Wildman–Crippen LogP) is 3.79. The molecule has 2 aromatic carbocycles. The molecule has 1 N–H and O–H groups in total. The highest BCUT2D eigenvalue weighted by Gasteiger charge is 2.07. The Labute approximate surface area is 143 Å². The average molecular weight is 321 g/mol. The highest BCUT2D eigenvalue weighted by molar-refractivity contribution is 5.30. The zero-order valence-electron chi connectivity index (χ0n) is 14.1. The fourth-order valence-corrected chi connectivity index (χ4v) is 2.65. The Morgan fingerprint density at radius 2 is 1.92 bits per heavy atom. The monoisotopic (exact) mass is 321 g/mol. The molecule has 0 amide bonds. The molecular weight excluding hydrogens is 298 g/mol. The largest absolute Gasteiger partial charge is 0.497 e. The molecule has 1 aromatic heterocycles. The third kappa shape index (κ3) is 4.24. The summed E-state index contributed by atoms with van der Waals surface area (Å²) >= 11 is 0. The molecule has 0 saturated carbocycles. The number of rotatable bonds is 7.